The summed E-state index contributed by atoms with van der Waals surface area (Å²) in [7, 11) is 0. The number of allylic oxidation sites excluding steroid dienone is 3. The molecule has 2 fully saturated rings. The number of ether oxygens (including phenoxy) is 1. The number of hydrogen-bond donors (Lipinski definition) is 1. The first-order valence-corrected chi connectivity index (χ1v) is 8.52. The predicted octanol–water partition coefficient (Wildman–Crippen LogP) is 2.55. The van der Waals surface area contributed by atoms with Crippen molar-refractivity contribution in [2.75, 3.05) is 13.1 Å². The summed E-state index contributed by atoms with van der Waals surface area (Å²) in [5, 5.41) is 9.44. The van der Waals surface area contributed by atoms with Crippen molar-refractivity contribution in [1.29, 1.82) is 0 Å². The Bertz CT molecular complexity index is 644. The first-order valence-electron chi connectivity index (χ1n) is 8.52. The van der Waals surface area contributed by atoms with Crippen molar-refractivity contribution >= 4 is 11.9 Å². The molecular formula is C19H25NO4. The Labute approximate surface area is 142 Å². The quantitative estimate of drug-likeness (QED) is 0.760. The molecule has 0 aliphatic carbocycles. The van der Waals surface area contributed by atoms with Crippen LogP contribution in [0.3, 0.4) is 0 Å². The monoisotopic (exact) mass is 331 g/mol. The molecule has 0 saturated carbocycles. The molecule has 2 saturated heterocycles. The van der Waals surface area contributed by atoms with E-state index in [9.17, 15) is 14.7 Å². The highest BCUT2D eigenvalue weighted by atomic mass is 16.5. The predicted molar refractivity (Wildman–Crippen MR) is 90.4 cm³/mol. The number of rotatable bonds is 6. The van der Waals surface area contributed by atoms with E-state index < -0.39 is 29.5 Å². The minimum absolute atomic E-state index is 0.0948. The van der Waals surface area contributed by atoms with Gasteiger partial charge in [-0.25, -0.2) is 0 Å². The molecule has 0 unspecified atom stereocenters. The number of aliphatic carboxylic acids is 1. The number of hydrogen-bond acceptors (Lipinski definition) is 3. The van der Waals surface area contributed by atoms with E-state index in [4.69, 9.17) is 4.74 Å². The summed E-state index contributed by atoms with van der Waals surface area (Å²) in [6.45, 7) is 7.21. The fraction of sp³-hybridized carbons (Fsp3) is 0.579. The van der Waals surface area contributed by atoms with Crippen LogP contribution in [-0.4, -0.2) is 46.7 Å². The van der Waals surface area contributed by atoms with Gasteiger partial charge in [0, 0.05) is 6.54 Å². The van der Waals surface area contributed by atoms with Crippen LogP contribution in [0.15, 0.2) is 35.5 Å². The smallest absolute Gasteiger partial charge is 0.310 e. The summed E-state index contributed by atoms with van der Waals surface area (Å²) in [4.78, 5) is 26.0. The number of nitrogens with zero attached hydrogens (tertiary/aromatic N) is 1. The van der Waals surface area contributed by atoms with Gasteiger partial charge in [0.1, 0.15) is 11.5 Å². The maximum Gasteiger partial charge on any atom is 0.310 e. The van der Waals surface area contributed by atoms with Gasteiger partial charge in [-0.15, -0.1) is 0 Å². The second-order valence-corrected chi connectivity index (χ2v) is 7.33. The average Bonchev–Trinajstić information content (AvgIpc) is 3.13. The Morgan fingerprint density at radius 2 is 2.17 bits per heavy atom. The molecule has 0 radical (unpaired) electrons. The molecule has 3 rings (SSSR count). The van der Waals surface area contributed by atoms with Crippen LogP contribution in [0, 0.1) is 11.8 Å². The minimum Gasteiger partial charge on any atom is -0.481 e. The van der Waals surface area contributed by atoms with Crippen molar-refractivity contribution in [3.8, 4) is 0 Å². The number of amides is 1. The van der Waals surface area contributed by atoms with Gasteiger partial charge >= 0.3 is 5.97 Å². The van der Waals surface area contributed by atoms with E-state index in [0.29, 0.717) is 13.1 Å². The van der Waals surface area contributed by atoms with Crippen LogP contribution in [0.25, 0.3) is 0 Å². The maximum absolute atomic E-state index is 12.7. The summed E-state index contributed by atoms with van der Waals surface area (Å²) < 4.78 is 5.87. The standard InChI is InChI=1S/C19H25NO4/c1-12(2)5-4-6-13(3)8-10-20-11-19-9-7-14(24-19)15(18(22)23)16(19)17(20)21/h5,7-9,14-16H,4,6,10-11H2,1-3H3,(H,22,23)/b13-8+/t14-,15+,16+,19-/m0/s1. The van der Waals surface area contributed by atoms with Gasteiger partial charge in [-0.1, -0.05) is 35.5 Å². The molecular weight excluding hydrogens is 306 g/mol. The van der Waals surface area contributed by atoms with E-state index in [-0.39, 0.29) is 5.91 Å². The largest absolute Gasteiger partial charge is 0.481 e. The van der Waals surface area contributed by atoms with E-state index in [0.717, 1.165) is 12.8 Å². The van der Waals surface area contributed by atoms with E-state index in [2.05, 4.69) is 32.9 Å². The molecule has 5 nitrogen and oxygen atoms in total. The van der Waals surface area contributed by atoms with Crippen molar-refractivity contribution < 1.29 is 19.4 Å². The fourth-order valence-electron chi connectivity index (χ4n) is 3.97. The molecule has 0 aromatic rings. The Morgan fingerprint density at radius 3 is 2.83 bits per heavy atom. The van der Waals surface area contributed by atoms with E-state index in [1.807, 2.05) is 6.08 Å². The van der Waals surface area contributed by atoms with Gasteiger partial charge in [0.2, 0.25) is 5.91 Å². The zero-order valence-corrected chi connectivity index (χ0v) is 14.5. The number of carbonyl (C=O) groups is 2. The highest BCUT2D eigenvalue weighted by Gasteiger charge is 2.66. The van der Waals surface area contributed by atoms with Crippen LogP contribution in [0.5, 0.6) is 0 Å². The van der Waals surface area contributed by atoms with Crippen molar-refractivity contribution in [2.24, 2.45) is 11.8 Å². The Morgan fingerprint density at radius 1 is 1.42 bits per heavy atom. The van der Waals surface area contributed by atoms with Gasteiger partial charge in [0.05, 0.1) is 18.6 Å². The lowest BCUT2D eigenvalue weighted by Gasteiger charge is -2.21. The molecule has 24 heavy (non-hydrogen) atoms. The highest BCUT2D eigenvalue weighted by molar-refractivity contribution is 5.90. The molecule has 3 heterocycles. The van der Waals surface area contributed by atoms with Gasteiger partial charge in [0.15, 0.2) is 0 Å². The topological polar surface area (TPSA) is 66.8 Å². The van der Waals surface area contributed by atoms with Gasteiger partial charge < -0.3 is 14.7 Å². The summed E-state index contributed by atoms with van der Waals surface area (Å²) in [5.41, 5.74) is 1.82. The third-order valence-electron chi connectivity index (χ3n) is 5.22. The zero-order chi connectivity index (χ0) is 17.5. The van der Waals surface area contributed by atoms with E-state index in [1.54, 1.807) is 11.0 Å². The Kier molecular flexibility index (Phi) is 4.38. The van der Waals surface area contributed by atoms with Crippen LogP contribution >= 0.6 is 0 Å². The molecule has 5 heteroatoms. The number of fused-ring (bicyclic) bond motifs is 1. The summed E-state index contributed by atoms with van der Waals surface area (Å²) in [6.07, 6.45) is 9.48. The lowest BCUT2D eigenvalue weighted by Crippen LogP contribution is -2.39. The van der Waals surface area contributed by atoms with Gasteiger partial charge in [-0.05, 0) is 33.6 Å². The first kappa shape index (κ1) is 17.0. The van der Waals surface area contributed by atoms with Crippen molar-refractivity contribution in [3.05, 3.63) is 35.5 Å². The third kappa shape index (κ3) is 2.81. The Balaban J connectivity index is 1.66. The molecule has 3 aliphatic rings. The van der Waals surface area contributed by atoms with Gasteiger partial charge in [-0.2, -0.15) is 0 Å². The minimum atomic E-state index is -0.945. The maximum atomic E-state index is 12.7. The number of carboxylic acid groups (broad SMARTS) is 1. The highest BCUT2D eigenvalue weighted by Crippen LogP contribution is 2.51. The Hall–Kier alpha value is -1.88. The molecule has 0 aromatic heterocycles. The SMILES string of the molecule is CC(C)=CCC/C(C)=C/CN1C[C@]23C=C[C@H](O2)[C@@H](C(=O)O)[C@@H]3C1=O. The second kappa shape index (κ2) is 6.20. The van der Waals surface area contributed by atoms with E-state index in [1.165, 1.54) is 11.1 Å². The van der Waals surface area contributed by atoms with Crippen molar-refractivity contribution in [3.63, 3.8) is 0 Å². The molecule has 1 amide bonds. The van der Waals surface area contributed by atoms with Crippen LogP contribution in [0.1, 0.15) is 33.6 Å². The average molecular weight is 331 g/mol. The molecule has 0 aromatic carbocycles. The van der Waals surface area contributed by atoms with Crippen molar-refractivity contribution in [1.82, 2.24) is 4.90 Å². The zero-order valence-electron chi connectivity index (χ0n) is 14.5. The molecule has 2 bridgehead atoms. The number of carboxylic acids is 1. The molecule has 4 atom stereocenters. The van der Waals surface area contributed by atoms with Gasteiger partial charge in [-0.3, -0.25) is 9.59 Å². The number of likely N-dealkylation sites (tertiary alicyclic amines) is 1. The van der Waals surface area contributed by atoms with Gasteiger partial charge in [0.25, 0.3) is 0 Å². The normalized spacial score (nSPS) is 34.0. The summed E-state index contributed by atoms with van der Waals surface area (Å²) >= 11 is 0. The van der Waals surface area contributed by atoms with Crippen LogP contribution in [0.2, 0.25) is 0 Å². The molecule has 3 aliphatic heterocycles. The second-order valence-electron chi connectivity index (χ2n) is 7.33. The molecule has 1 spiro atoms. The van der Waals surface area contributed by atoms with Crippen LogP contribution in [-0.2, 0) is 14.3 Å². The first-order chi connectivity index (χ1) is 11.3. The van der Waals surface area contributed by atoms with Crippen molar-refractivity contribution in [2.45, 2.75) is 45.3 Å². The van der Waals surface area contributed by atoms with E-state index >= 15 is 0 Å². The van der Waals surface area contributed by atoms with Crippen LogP contribution < -0.4 is 0 Å². The fourth-order valence-corrected chi connectivity index (χ4v) is 3.97. The van der Waals surface area contributed by atoms with Crippen LogP contribution in [0.4, 0.5) is 0 Å². The summed E-state index contributed by atoms with van der Waals surface area (Å²) in [5.74, 6) is -2.37. The summed E-state index contributed by atoms with van der Waals surface area (Å²) in [6, 6.07) is 0. The molecule has 130 valence electrons. The lowest BCUT2D eigenvalue weighted by atomic mass is 9.77. The third-order valence-corrected chi connectivity index (χ3v) is 5.22. The molecule has 1 N–H and O–H groups in total. The number of carbonyl (C=O) groups excluding carboxylic acids is 1. The lowest BCUT2D eigenvalue weighted by molar-refractivity contribution is -0.147.